The van der Waals surface area contributed by atoms with Gasteiger partial charge in [-0.15, -0.1) is 11.8 Å². The van der Waals surface area contributed by atoms with Gasteiger partial charge in [-0.25, -0.2) is 4.79 Å². The Morgan fingerprint density at radius 1 is 1.54 bits per heavy atom. The lowest BCUT2D eigenvalue weighted by Gasteiger charge is -2.46. The first-order valence-corrected chi connectivity index (χ1v) is 8.83. The minimum absolute atomic E-state index is 0.0820. The number of carboxylic acids is 1. The number of carbonyl (C=O) groups is 2. The van der Waals surface area contributed by atoms with Crippen molar-refractivity contribution >= 4 is 23.6 Å². The van der Waals surface area contributed by atoms with Gasteiger partial charge in [-0.3, -0.25) is 4.79 Å². The Hall–Kier alpha value is -1.87. The van der Waals surface area contributed by atoms with Crippen LogP contribution in [0.15, 0.2) is 23.3 Å². The Kier molecular flexibility index (Phi) is 3.47. The van der Waals surface area contributed by atoms with E-state index in [1.807, 2.05) is 16.3 Å². The fraction of sp³-hybridized carbons (Fsp3) is 0.600. The molecule has 3 aliphatic heterocycles. The van der Waals surface area contributed by atoms with Gasteiger partial charge < -0.3 is 15.1 Å². The van der Waals surface area contributed by atoms with E-state index in [0.717, 1.165) is 18.0 Å². The summed E-state index contributed by atoms with van der Waals surface area (Å²) in [5.41, 5.74) is 0.0964. The predicted molar refractivity (Wildman–Crippen MR) is 83.4 cm³/mol. The Morgan fingerprint density at radius 2 is 2.29 bits per heavy atom. The van der Waals surface area contributed by atoms with Crippen LogP contribution in [0, 0.1) is 11.8 Å². The Morgan fingerprint density at radius 3 is 2.92 bits per heavy atom. The molecule has 0 saturated carbocycles. The maximum absolute atomic E-state index is 12.3. The molecule has 1 amide bonds. The van der Waals surface area contributed by atoms with Crippen LogP contribution in [0.2, 0.25) is 0 Å². The molecule has 0 unspecified atom stereocenters. The van der Waals surface area contributed by atoms with Crippen LogP contribution in [0.1, 0.15) is 13.8 Å². The van der Waals surface area contributed by atoms with Gasteiger partial charge >= 0.3 is 12.3 Å². The quantitative estimate of drug-likeness (QED) is 0.557. The monoisotopic (exact) mass is 351 g/mol. The van der Waals surface area contributed by atoms with Crippen molar-refractivity contribution in [3.8, 4) is 0 Å². The van der Waals surface area contributed by atoms with E-state index in [1.54, 1.807) is 19.6 Å². The highest BCUT2D eigenvalue weighted by Crippen LogP contribution is 2.51. The van der Waals surface area contributed by atoms with Crippen LogP contribution in [0.25, 0.3) is 0 Å². The maximum atomic E-state index is 12.3. The van der Waals surface area contributed by atoms with Gasteiger partial charge in [0.25, 0.3) is 0 Å². The van der Waals surface area contributed by atoms with E-state index in [2.05, 4.69) is 4.98 Å². The van der Waals surface area contributed by atoms with Crippen LogP contribution in [-0.2, 0) is 22.7 Å². The summed E-state index contributed by atoms with van der Waals surface area (Å²) < 4.78 is 3.99. The molecule has 24 heavy (non-hydrogen) atoms. The van der Waals surface area contributed by atoms with E-state index in [0.29, 0.717) is 0 Å². The fourth-order valence-corrected chi connectivity index (χ4v) is 5.49. The molecule has 8 nitrogen and oxygen atoms in total. The summed E-state index contributed by atoms with van der Waals surface area (Å²) in [5, 5.41) is 19.7. The van der Waals surface area contributed by atoms with Crippen molar-refractivity contribution in [2.45, 2.75) is 44.3 Å². The minimum atomic E-state index is -1.07. The number of carbonyl (C=O) groups excluding carboxylic acids is 1. The zero-order valence-corrected chi connectivity index (χ0v) is 14.2. The summed E-state index contributed by atoms with van der Waals surface area (Å²) in [6, 6.07) is -0.249. The number of β-lactam (4-membered cyclic amide) rings is 1. The lowest BCUT2D eigenvalue weighted by molar-refractivity contribution is -0.758. The van der Waals surface area contributed by atoms with Gasteiger partial charge in [0.05, 0.1) is 29.9 Å². The van der Waals surface area contributed by atoms with E-state index >= 15 is 0 Å². The van der Waals surface area contributed by atoms with Gasteiger partial charge in [0.2, 0.25) is 12.2 Å². The van der Waals surface area contributed by atoms with E-state index in [4.69, 9.17) is 0 Å². The summed E-state index contributed by atoms with van der Waals surface area (Å²) >= 11 is 1.54. The normalized spacial score (nSPS) is 32.6. The topological polar surface area (TPSA) is 99.5 Å². The largest absolute Gasteiger partial charge is 0.477 e. The fourth-order valence-electron chi connectivity index (χ4n) is 4.03. The van der Waals surface area contributed by atoms with Crippen LogP contribution in [0.4, 0.5) is 0 Å². The van der Waals surface area contributed by atoms with Gasteiger partial charge in [-0.1, -0.05) is 6.92 Å². The number of hydrogen-bond donors (Lipinski definition) is 2. The van der Waals surface area contributed by atoms with Crippen molar-refractivity contribution in [1.29, 1.82) is 0 Å². The van der Waals surface area contributed by atoms with Crippen LogP contribution in [0.3, 0.4) is 0 Å². The molecule has 3 aliphatic rings. The number of nitrogens with zero attached hydrogens (tertiary/aromatic N) is 4. The van der Waals surface area contributed by atoms with Crippen molar-refractivity contribution in [3.63, 3.8) is 0 Å². The first-order valence-electron chi connectivity index (χ1n) is 7.95. The van der Waals surface area contributed by atoms with Gasteiger partial charge in [0, 0.05) is 10.8 Å². The highest BCUT2D eigenvalue weighted by atomic mass is 32.2. The molecule has 4 rings (SSSR count). The van der Waals surface area contributed by atoms with E-state index in [-0.39, 0.29) is 28.8 Å². The number of thioether (sulfide) groups is 1. The molecule has 4 heterocycles. The molecule has 0 aromatic carbocycles. The lowest BCUT2D eigenvalue weighted by atomic mass is 9.79. The van der Waals surface area contributed by atoms with E-state index < -0.39 is 18.0 Å². The predicted octanol–water partition coefficient (Wildman–Crippen LogP) is -0.560. The lowest BCUT2D eigenvalue weighted by Crippen LogP contribution is -2.63. The SMILES string of the molecule is C[C@H](O)[C@@H]1C(=O)N2C(C(=O)O)=C(SC3Cn4cnc[n+]4C3)[C@@H](C)[C@@H]12. The van der Waals surface area contributed by atoms with Crippen molar-refractivity contribution in [1.82, 2.24) is 14.6 Å². The molecule has 0 radical (unpaired) electrons. The average Bonchev–Trinajstić information content (AvgIpc) is 3.12. The Balaban J connectivity index is 1.61. The number of rotatable bonds is 4. The van der Waals surface area contributed by atoms with Crippen molar-refractivity contribution in [2.24, 2.45) is 11.8 Å². The third-order valence-corrected chi connectivity index (χ3v) is 6.57. The molecule has 2 N–H and O–H groups in total. The zero-order valence-electron chi connectivity index (χ0n) is 13.4. The van der Waals surface area contributed by atoms with Gasteiger partial charge in [-0.05, 0) is 11.9 Å². The highest BCUT2D eigenvalue weighted by molar-refractivity contribution is 8.03. The molecule has 1 saturated heterocycles. The molecule has 128 valence electrons. The third-order valence-electron chi connectivity index (χ3n) is 5.12. The zero-order chi connectivity index (χ0) is 17.2. The third kappa shape index (κ3) is 2.04. The Bertz CT molecular complexity index is 738. The van der Waals surface area contributed by atoms with E-state index in [9.17, 15) is 19.8 Å². The number of aliphatic hydroxyl groups is 1. The van der Waals surface area contributed by atoms with Crippen LogP contribution in [0.5, 0.6) is 0 Å². The standard InChI is InChI=1S/C15H18N4O4S/c1-7-11-10(8(2)20)14(21)19(11)12(15(22)23)13(7)24-9-3-17-5-16-6-18(17)4-9/h5-11,20H,3-4H2,1-2H3/p+1/t7-,8-,10-,11-/m0/s1. The second kappa shape index (κ2) is 5.32. The average molecular weight is 351 g/mol. The molecule has 0 aliphatic carbocycles. The summed E-state index contributed by atoms with van der Waals surface area (Å²) in [6.45, 7) is 5.05. The first-order chi connectivity index (χ1) is 11.4. The summed E-state index contributed by atoms with van der Waals surface area (Å²) in [5.74, 6) is -1.95. The van der Waals surface area contributed by atoms with Crippen molar-refractivity contribution in [3.05, 3.63) is 23.3 Å². The second-order valence-corrected chi connectivity index (χ2v) is 7.98. The number of carboxylic acid groups (broad SMARTS) is 1. The molecule has 1 fully saturated rings. The summed E-state index contributed by atoms with van der Waals surface area (Å²) in [4.78, 5) is 30.3. The molecule has 4 atom stereocenters. The van der Waals surface area contributed by atoms with Gasteiger partial charge in [-0.2, -0.15) is 9.36 Å². The molecule has 1 aromatic heterocycles. The van der Waals surface area contributed by atoms with Crippen molar-refractivity contribution < 1.29 is 24.5 Å². The number of aromatic nitrogens is 3. The summed E-state index contributed by atoms with van der Waals surface area (Å²) in [6.07, 6.45) is 2.74. The molecular weight excluding hydrogens is 332 g/mol. The van der Waals surface area contributed by atoms with Crippen molar-refractivity contribution in [2.75, 3.05) is 0 Å². The number of aliphatic hydroxyl groups excluding tert-OH is 1. The van der Waals surface area contributed by atoms with Crippen LogP contribution >= 0.6 is 11.8 Å². The second-order valence-electron chi connectivity index (χ2n) is 6.64. The minimum Gasteiger partial charge on any atom is -0.477 e. The molecule has 0 spiro atoms. The van der Waals surface area contributed by atoms with Gasteiger partial charge in [0.1, 0.15) is 12.2 Å². The van der Waals surface area contributed by atoms with Gasteiger partial charge in [0.15, 0.2) is 0 Å². The number of aliphatic carboxylic acids is 1. The smallest absolute Gasteiger partial charge is 0.353 e. The molecule has 0 bridgehead atoms. The molecular formula is C15H19N4O4S+. The summed E-state index contributed by atoms with van der Waals surface area (Å²) in [7, 11) is 0. The number of amides is 1. The highest BCUT2D eigenvalue weighted by Gasteiger charge is 2.60. The van der Waals surface area contributed by atoms with E-state index in [1.165, 1.54) is 16.7 Å². The van der Waals surface area contributed by atoms with Crippen LogP contribution < -0.4 is 4.68 Å². The number of hydrogen-bond acceptors (Lipinski definition) is 5. The first kappa shape index (κ1) is 15.6. The molecule has 1 aromatic rings. The molecule has 9 heteroatoms. The number of fused-ring (bicyclic) bond motifs is 2. The maximum Gasteiger partial charge on any atom is 0.353 e. The Labute approximate surface area is 142 Å². The van der Waals surface area contributed by atoms with Crippen LogP contribution in [-0.4, -0.2) is 54.1 Å².